The van der Waals surface area contributed by atoms with Crippen molar-refractivity contribution in [1.82, 2.24) is 0 Å². The second kappa shape index (κ2) is 10.4. The molecular weight excluding hydrogens is 440 g/mol. The van der Waals surface area contributed by atoms with Crippen LogP contribution >= 0.6 is 23.4 Å². The van der Waals surface area contributed by atoms with Gasteiger partial charge in [-0.15, -0.1) is 11.8 Å². The Kier molecular flexibility index (Phi) is 7.10. The number of fused-ring (bicyclic) bond motifs is 1. The summed E-state index contributed by atoms with van der Waals surface area (Å²) in [6.07, 6.45) is 0.266. The number of benzene rings is 4. The Labute approximate surface area is 196 Å². The maximum absolute atomic E-state index is 12.5. The van der Waals surface area contributed by atoms with Crippen LogP contribution < -0.4 is 10.6 Å². The molecule has 0 saturated heterocycles. The minimum Gasteiger partial charge on any atom is -0.326 e. The van der Waals surface area contributed by atoms with Crippen LogP contribution in [0.2, 0.25) is 5.02 Å². The topological polar surface area (TPSA) is 58.2 Å². The molecule has 0 heterocycles. The molecule has 6 heteroatoms. The normalized spacial score (nSPS) is 10.7. The highest BCUT2D eigenvalue weighted by atomic mass is 35.5. The smallest absolute Gasteiger partial charge is 0.234 e. The summed E-state index contributed by atoms with van der Waals surface area (Å²) in [5.74, 6) is 0.0810. The molecule has 0 saturated carbocycles. The van der Waals surface area contributed by atoms with Crippen molar-refractivity contribution >= 4 is 57.3 Å². The molecule has 2 N–H and O–H groups in total. The van der Waals surface area contributed by atoms with Gasteiger partial charge in [-0.25, -0.2) is 0 Å². The number of hydrogen-bond donors (Lipinski definition) is 2. The predicted octanol–water partition coefficient (Wildman–Crippen LogP) is 6.41. The molecule has 0 aromatic heterocycles. The van der Waals surface area contributed by atoms with Crippen LogP contribution in [0.15, 0.2) is 95.9 Å². The van der Waals surface area contributed by atoms with E-state index < -0.39 is 0 Å². The molecule has 0 fully saturated rings. The molecule has 4 rings (SSSR count). The van der Waals surface area contributed by atoms with E-state index in [1.54, 1.807) is 12.1 Å². The number of rotatable bonds is 7. The molecule has 0 atom stereocenters. The quantitative estimate of drug-likeness (QED) is 0.313. The summed E-state index contributed by atoms with van der Waals surface area (Å²) < 4.78 is 0. The maximum Gasteiger partial charge on any atom is 0.234 e. The number of hydrogen-bond acceptors (Lipinski definition) is 3. The molecule has 2 amide bonds. The number of amides is 2. The van der Waals surface area contributed by atoms with Gasteiger partial charge >= 0.3 is 0 Å². The van der Waals surface area contributed by atoms with Crippen molar-refractivity contribution in [3.05, 3.63) is 102 Å². The van der Waals surface area contributed by atoms with Crippen LogP contribution in [0.1, 0.15) is 5.56 Å². The van der Waals surface area contributed by atoms with Crippen LogP contribution in [0.5, 0.6) is 0 Å². The largest absolute Gasteiger partial charge is 0.326 e. The SMILES string of the molecule is O=C(Cc1ccc(Cl)cc1)Nc1cccc(SCC(=O)Nc2cccc3ccccc23)c1. The Balaban J connectivity index is 1.33. The molecule has 0 unspecified atom stereocenters. The first-order valence-corrected chi connectivity index (χ1v) is 11.5. The number of anilines is 2. The Morgan fingerprint density at radius 2 is 1.53 bits per heavy atom. The lowest BCUT2D eigenvalue weighted by Gasteiger charge is -2.10. The third-order valence-electron chi connectivity index (χ3n) is 4.83. The standard InChI is InChI=1S/C26H21ClN2O2S/c27-20-13-11-18(12-14-20)15-25(30)28-21-7-4-8-22(16-21)32-17-26(31)29-24-10-3-6-19-5-1-2-9-23(19)24/h1-14,16H,15,17H2,(H,28,30)(H,29,31). The summed E-state index contributed by atoms with van der Waals surface area (Å²) in [6, 6.07) is 28.5. The van der Waals surface area contributed by atoms with Gasteiger partial charge < -0.3 is 10.6 Å². The van der Waals surface area contributed by atoms with Gasteiger partial charge in [-0.05, 0) is 47.3 Å². The van der Waals surface area contributed by atoms with Crippen LogP contribution in [-0.2, 0) is 16.0 Å². The van der Waals surface area contributed by atoms with Crippen molar-refractivity contribution in [3.63, 3.8) is 0 Å². The number of carbonyl (C=O) groups excluding carboxylic acids is 2. The third-order valence-corrected chi connectivity index (χ3v) is 6.08. The zero-order chi connectivity index (χ0) is 22.3. The zero-order valence-corrected chi connectivity index (χ0v) is 18.7. The van der Waals surface area contributed by atoms with Gasteiger partial charge in [0.05, 0.1) is 12.2 Å². The van der Waals surface area contributed by atoms with Gasteiger partial charge in [-0.2, -0.15) is 0 Å². The molecule has 0 aliphatic rings. The molecule has 0 aliphatic carbocycles. The molecule has 0 radical (unpaired) electrons. The average Bonchev–Trinajstić information content (AvgIpc) is 2.80. The van der Waals surface area contributed by atoms with Gasteiger partial charge in [0.15, 0.2) is 0 Å². The predicted molar refractivity (Wildman–Crippen MR) is 134 cm³/mol. The molecule has 4 nitrogen and oxygen atoms in total. The molecule has 32 heavy (non-hydrogen) atoms. The van der Waals surface area contributed by atoms with Gasteiger partial charge in [-0.3, -0.25) is 9.59 Å². The van der Waals surface area contributed by atoms with E-state index in [2.05, 4.69) is 10.6 Å². The second-order valence-corrected chi connectivity index (χ2v) is 8.73. The lowest BCUT2D eigenvalue weighted by atomic mass is 10.1. The van der Waals surface area contributed by atoms with E-state index in [1.165, 1.54) is 11.8 Å². The van der Waals surface area contributed by atoms with Crippen molar-refractivity contribution in [2.24, 2.45) is 0 Å². The molecule has 0 bridgehead atoms. The monoisotopic (exact) mass is 460 g/mol. The Morgan fingerprint density at radius 3 is 2.38 bits per heavy atom. The Bertz CT molecular complexity index is 1250. The Hall–Kier alpha value is -3.28. The van der Waals surface area contributed by atoms with E-state index in [0.29, 0.717) is 10.7 Å². The van der Waals surface area contributed by atoms with Crippen molar-refractivity contribution in [2.45, 2.75) is 11.3 Å². The highest BCUT2D eigenvalue weighted by Gasteiger charge is 2.08. The van der Waals surface area contributed by atoms with Gasteiger partial charge in [0, 0.05) is 26.7 Å². The Morgan fingerprint density at radius 1 is 0.781 bits per heavy atom. The summed E-state index contributed by atoms with van der Waals surface area (Å²) in [4.78, 5) is 25.8. The third kappa shape index (κ3) is 5.90. The van der Waals surface area contributed by atoms with Gasteiger partial charge in [0.25, 0.3) is 0 Å². The minimum absolute atomic E-state index is 0.0801. The number of nitrogens with one attached hydrogen (secondary N) is 2. The number of carbonyl (C=O) groups is 2. The van der Waals surface area contributed by atoms with Crippen LogP contribution in [0.4, 0.5) is 11.4 Å². The van der Waals surface area contributed by atoms with E-state index in [0.717, 1.165) is 26.9 Å². The van der Waals surface area contributed by atoms with Crippen LogP contribution in [-0.4, -0.2) is 17.6 Å². The van der Waals surface area contributed by atoms with Crippen molar-refractivity contribution in [2.75, 3.05) is 16.4 Å². The van der Waals surface area contributed by atoms with Gasteiger partial charge in [0.2, 0.25) is 11.8 Å². The van der Waals surface area contributed by atoms with E-state index in [4.69, 9.17) is 11.6 Å². The van der Waals surface area contributed by atoms with E-state index >= 15 is 0 Å². The van der Waals surface area contributed by atoms with Crippen molar-refractivity contribution < 1.29 is 9.59 Å². The number of thioether (sulfide) groups is 1. The van der Waals surface area contributed by atoms with E-state index in [-0.39, 0.29) is 24.0 Å². The first-order chi connectivity index (χ1) is 15.6. The van der Waals surface area contributed by atoms with Crippen LogP contribution in [0.3, 0.4) is 0 Å². The van der Waals surface area contributed by atoms with Gasteiger partial charge in [-0.1, -0.05) is 66.2 Å². The summed E-state index contributed by atoms with van der Waals surface area (Å²) >= 11 is 7.31. The highest BCUT2D eigenvalue weighted by molar-refractivity contribution is 8.00. The van der Waals surface area contributed by atoms with Crippen molar-refractivity contribution in [1.29, 1.82) is 0 Å². The molecule has 0 spiro atoms. The summed E-state index contributed by atoms with van der Waals surface area (Å²) in [5.41, 5.74) is 2.39. The van der Waals surface area contributed by atoms with Crippen LogP contribution in [0, 0.1) is 0 Å². The fourth-order valence-corrected chi connectivity index (χ4v) is 4.21. The first-order valence-electron chi connectivity index (χ1n) is 10.1. The van der Waals surface area contributed by atoms with Crippen molar-refractivity contribution in [3.8, 4) is 0 Å². The molecular formula is C26H21ClN2O2S. The lowest BCUT2D eigenvalue weighted by molar-refractivity contribution is -0.115. The first kappa shape index (κ1) is 21.9. The summed E-state index contributed by atoms with van der Waals surface area (Å²) in [7, 11) is 0. The van der Waals surface area contributed by atoms with Gasteiger partial charge in [0.1, 0.15) is 0 Å². The zero-order valence-electron chi connectivity index (χ0n) is 17.2. The second-order valence-electron chi connectivity index (χ2n) is 7.24. The molecule has 4 aromatic rings. The lowest BCUT2D eigenvalue weighted by Crippen LogP contribution is -2.15. The molecule has 0 aliphatic heterocycles. The maximum atomic E-state index is 12.5. The summed E-state index contributed by atoms with van der Waals surface area (Å²) in [6.45, 7) is 0. The molecule has 4 aromatic carbocycles. The van der Waals surface area contributed by atoms with Crippen LogP contribution in [0.25, 0.3) is 10.8 Å². The molecule has 160 valence electrons. The fourth-order valence-electron chi connectivity index (χ4n) is 3.33. The summed E-state index contributed by atoms with van der Waals surface area (Å²) in [5, 5.41) is 8.64. The number of halogens is 1. The highest BCUT2D eigenvalue weighted by Crippen LogP contribution is 2.25. The fraction of sp³-hybridized carbons (Fsp3) is 0.0769. The minimum atomic E-state index is -0.108. The van der Waals surface area contributed by atoms with E-state index in [1.807, 2.05) is 78.9 Å². The average molecular weight is 461 g/mol. The van der Waals surface area contributed by atoms with E-state index in [9.17, 15) is 9.59 Å².